The van der Waals surface area contributed by atoms with E-state index in [0.29, 0.717) is 17.8 Å². The number of hydrogen-bond donors (Lipinski definition) is 1. The van der Waals surface area contributed by atoms with Crippen LogP contribution < -0.4 is 5.73 Å². The zero-order valence-corrected chi connectivity index (χ0v) is 14.1. The van der Waals surface area contributed by atoms with Crippen molar-refractivity contribution in [2.24, 2.45) is 5.73 Å². The maximum Gasteiger partial charge on any atom is 0.183 e. The first kappa shape index (κ1) is 16.2. The molecular formula is C12H20Br2N2O2. The Hall–Kier alpha value is 0.120. The SMILES string of the molecule is CC(C)OCCN(C)C(CN)c1cc(Br)c(Br)o1. The first-order valence-corrected chi connectivity index (χ1v) is 7.51. The molecule has 1 aromatic heterocycles. The average molecular weight is 384 g/mol. The third kappa shape index (κ3) is 4.66. The second-order valence-corrected chi connectivity index (χ2v) is 6.00. The molecule has 0 aliphatic rings. The summed E-state index contributed by atoms with van der Waals surface area (Å²) in [6.07, 6.45) is 0.252. The van der Waals surface area contributed by atoms with Gasteiger partial charge in [0.05, 0.1) is 23.2 Å². The zero-order valence-electron chi connectivity index (χ0n) is 11.0. The van der Waals surface area contributed by atoms with Crippen LogP contribution in [0.3, 0.4) is 0 Å². The fourth-order valence-electron chi connectivity index (χ4n) is 1.63. The lowest BCUT2D eigenvalue weighted by atomic mass is 10.2. The highest BCUT2D eigenvalue weighted by atomic mass is 79.9. The van der Waals surface area contributed by atoms with Crippen LogP contribution in [-0.2, 0) is 4.74 Å². The van der Waals surface area contributed by atoms with Gasteiger partial charge in [-0.3, -0.25) is 4.90 Å². The summed E-state index contributed by atoms with van der Waals surface area (Å²) in [5.74, 6) is 0.850. The molecule has 0 amide bonds. The molecule has 4 nitrogen and oxygen atoms in total. The van der Waals surface area contributed by atoms with Crippen molar-refractivity contribution in [3.63, 3.8) is 0 Å². The van der Waals surface area contributed by atoms with Gasteiger partial charge in [0.15, 0.2) is 4.67 Å². The van der Waals surface area contributed by atoms with Crippen molar-refractivity contribution < 1.29 is 9.15 Å². The third-order valence-corrected chi connectivity index (χ3v) is 4.35. The van der Waals surface area contributed by atoms with Gasteiger partial charge in [-0.2, -0.15) is 0 Å². The second kappa shape index (κ2) is 7.65. The van der Waals surface area contributed by atoms with E-state index in [1.165, 1.54) is 0 Å². The minimum Gasteiger partial charge on any atom is -0.451 e. The van der Waals surface area contributed by atoms with Crippen molar-refractivity contribution in [1.29, 1.82) is 0 Å². The minimum absolute atomic E-state index is 0.0587. The van der Waals surface area contributed by atoms with Crippen LogP contribution in [0, 0.1) is 0 Å². The van der Waals surface area contributed by atoms with Crippen molar-refractivity contribution in [1.82, 2.24) is 4.90 Å². The highest BCUT2D eigenvalue weighted by molar-refractivity contribution is 9.13. The van der Waals surface area contributed by atoms with Crippen LogP contribution in [0.15, 0.2) is 19.6 Å². The van der Waals surface area contributed by atoms with E-state index in [2.05, 4.69) is 36.8 Å². The molecule has 1 atom stereocenters. The molecule has 0 saturated heterocycles. The molecule has 2 N–H and O–H groups in total. The van der Waals surface area contributed by atoms with Crippen LogP contribution in [0.4, 0.5) is 0 Å². The van der Waals surface area contributed by atoms with Gasteiger partial charge in [-0.15, -0.1) is 0 Å². The predicted octanol–water partition coefficient (Wildman–Crippen LogP) is 3.16. The van der Waals surface area contributed by atoms with E-state index in [4.69, 9.17) is 14.9 Å². The Morgan fingerprint density at radius 1 is 1.44 bits per heavy atom. The third-order valence-electron chi connectivity index (χ3n) is 2.64. The van der Waals surface area contributed by atoms with Gasteiger partial charge in [-0.05, 0) is 58.8 Å². The smallest absolute Gasteiger partial charge is 0.183 e. The summed E-state index contributed by atoms with van der Waals surface area (Å²) in [4.78, 5) is 2.14. The number of nitrogens with zero attached hydrogens (tertiary/aromatic N) is 1. The van der Waals surface area contributed by atoms with E-state index < -0.39 is 0 Å². The topological polar surface area (TPSA) is 51.6 Å². The van der Waals surface area contributed by atoms with Gasteiger partial charge in [0.1, 0.15) is 5.76 Å². The van der Waals surface area contributed by atoms with E-state index >= 15 is 0 Å². The van der Waals surface area contributed by atoms with Gasteiger partial charge < -0.3 is 14.9 Å². The quantitative estimate of drug-likeness (QED) is 0.785. The van der Waals surface area contributed by atoms with Gasteiger partial charge in [0, 0.05) is 13.1 Å². The van der Waals surface area contributed by atoms with Gasteiger partial charge in [-0.25, -0.2) is 0 Å². The first-order valence-electron chi connectivity index (χ1n) is 5.92. The van der Waals surface area contributed by atoms with Gasteiger partial charge in [0.2, 0.25) is 0 Å². The van der Waals surface area contributed by atoms with Crippen molar-refractivity contribution in [3.8, 4) is 0 Å². The molecule has 1 rings (SSSR count). The van der Waals surface area contributed by atoms with Crippen LogP contribution in [0.2, 0.25) is 0 Å². The average Bonchev–Trinajstić information content (AvgIpc) is 2.59. The molecule has 1 heterocycles. The van der Waals surface area contributed by atoms with Crippen molar-refractivity contribution in [2.75, 3.05) is 26.7 Å². The maximum atomic E-state index is 5.82. The number of halogens is 2. The molecule has 0 saturated carbocycles. The molecule has 6 heteroatoms. The van der Waals surface area contributed by atoms with E-state index in [1.807, 2.05) is 27.0 Å². The summed E-state index contributed by atoms with van der Waals surface area (Å²) >= 11 is 6.75. The summed E-state index contributed by atoms with van der Waals surface area (Å²) < 4.78 is 12.8. The highest BCUT2D eigenvalue weighted by Crippen LogP contribution is 2.31. The van der Waals surface area contributed by atoms with Crippen LogP contribution >= 0.6 is 31.9 Å². The number of ether oxygens (including phenoxy) is 1. The fraction of sp³-hybridized carbons (Fsp3) is 0.667. The van der Waals surface area contributed by atoms with Crippen LogP contribution in [0.25, 0.3) is 0 Å². The Kier molecular flexibility index (Phi) is 6.87. The van der Waals surface area contributed by atoms with E-state index in [-0.39, 0.29) is 12.1 Å². The van der Waals surface area contributed by atoms with Gasteiger partial charge >= 0.3 is 0 Å². The van der Waals surface area contributed by atoms with Crippen molar-refractivity contribution in [2.45, 2.75) is 26.0 Å². The van der Waals surface area contributed by atoms with E-state index in [9.17, 15) is 0 Å². The first-order chi connectivity index (χ1) is 8.45. The van der Waals surface area contributed by atoms with Crippen LogP contribution in [0.1, 0.15) is 25.6 Å². The molecule has 18 heavy (non-hydrogen) atoms. The minimum atomic E-state index is 0.0587. The molecule has 0 bridgehead atoms. The molecule has 0 fully saturated rings. The molecule has 0 spiro atoms. The summed E-state index contributed by atoms with van der Waals surface area (Å²) in [5, 5.41) is 0. The Bertz CT molecular complexity index is 349. The Balaban J connectivity index is 2.59. The van der Waals surface area contributed by atoms with Crippen molar-refractivity contribution >= 4 is 31.9 Å². The Morgan fingerprint density at radius 3 is 2.56 bits per heavy atom. The zero-order chi connectivity index (χ0) is 13.7. The lowest BCUT2D eigenvalue weighted by molar-refractivity contribution is 0.0542. The highest BCUT2D eigenvalue weighted by Gasteiger charge is 2.20. The summed E-state index contributed by atoms with van der Waals surface area (Å²) in [7, 11) is 2.02. The van der Waals surface area contributed by atoms with Gasteiger partial charge in [-0.1, -0.05) is 0 Å². The van der Waals surface area contributed by atoms with Crippen molar-refractivity contribution in [3.05, 3.63) is 21.0 Å². The number of nitrogens with two attached hydrogens (primary N) is 1. The Labute approximate surface area is 125 Å². The predicted molar refractivity (Wildman–Crippen MR) is 79.6 cm³/mol. The van der Waals surface area contributed by atoms with Crippen LogP contribution in [-0.4, -0.2) is 37.7 Å². The number of hydrogen-bond acceptors (Lipinski definition) is 4. The largest absolute Gasteiger partial charge is 0.451 e. The lowest BCUT2D eigenvalue weighted by Crippen LogP contribution is -2.33. The van der Waals surface area contributed by atoms with Crippen LogP contribution in [0.5, 0.6) is 0 Å². The number of rotatable bonds is 7. The molecule has 0 radical (unpaired) electrons. The Morgan fingerprint density at radius 2 is 2.11 bits per heavy atom. The molecule has 0 aromatic carbocycles. The standard InChI is InChI=1S/C12H20Br2N2O2/c1-8(2)17-5-4-16(3)10(7-15)11-6-9(13)12(14)18-11/h6,8,10H,4-5,7,15H2,1-3H3. The lowest BCUT2D eigenvalue weighted by Gasteiger charge is -2.25. The second-order valence-electron chi connectivity index (χ2n) is 4.42. The molecule has 104 valence electrons. The summed E-state index contributed by atoms with van der Waals surface area (Å²) in [6.45, 7) is 6.07. The molecular weight excluding hydrogens is 364 g/mol. The number of likely N-dealkylation sites (N-methyl/N-ethyl adjacent to an activating group) is 1. The molecule has 1 unspecified atom stereocenters. The summed E-state index contributed by atoms with van der Waals surface area (Å²) in [6, 6.07) is 2.00. The monoisotopic (exact) mass is 382 g/mol. The van der Waals surface area contributed by atoms with E-state index in [1.54, 1.807) is 0 Å². The fourth-order valence-corrected chi connectivity index (χ4v) is 2.24. The van der Waals surface area contributed by atoms with E-state index in [0.717, 1.165) is 16.8 Å². The normalized spacial score (nSPS) is 13.6. The maximum absolute atomic E-state index is 5.82. The number of furan rings is 1. The summed E-state index contributed by atoms with van der Waals surface area (Å²) in [5.41, 5.74) is 5.82. The molecule has 1 aromatic rings. The van der Waals surface area contributed by atoms with Gasteiger partial charge in [0.25, 0.3) is 0 Å². The molecule has 0 aliphatic heterocycles. The molecule has 0 aliphatic carbocycles.